The van der Waals surface area contributed by atoms with Crippen molar-refractivity contribution in [3.8, 4) is 0 Å². The minimum absolute atomic E-state index is 0.454. The van der Waals surface area contributed by atoms with Crippen molar-refractivity contribution < 1.29 is 0 Å². The van der Waals surface area contributed by atoms with Crippen LogP contribution in [0.2, 0.25) is 0 Å². The van der Waals surface area contributed by atoms with Crippen molar-refractivity contribution in [2.75, 3.05) is 0 Å². The van der Waals surface area contributed by atoms with E-state index in [4.69, 9.17) is 0 Å². The molecule has 0 aromatic carbocycles. The van der Waals surface area contributed by atoms with Gasteiger partial charge in [0.15, 0.2) is 0 Å². The van der Waals surface area contributed by atoms with Gasteiger partial charge in [0.25, 0.3) is 0 Å². The van der Waals surface area contributed by atoms with E-state index in [1.54, 1.807) is 0 Å². The second-order valence-corrected chi connectivity index (χ2v) is 1.16. The zero-order chi connectivity index (χ0) is 4.41. The van der Waals surface area contributed by atoms with Gasteiger partial charge in [-0.3, -0.25) is 0 Å². The SMILES string of the molecule is S=C1N[N+]=[N+]N1. The Hall–Kier alpha value is -0.710. The Morgan fingerprint density at radius 3 is 2.00 bits per heavy atom. The van der Waals surface area contributed by atoms with Crippen LogP contribution < -0.4 is 21.3 Å². The first-order valence-corrected chi connectivity index (χ1v) is 1.76. The zero-order valence-electron chi connectivity index (χ0n) is 2.80. The van der Waals surface area contributed by atoms with Crippen LogP contribution in [0.3, 0.4) is 0 Å². The molecule has 1 rings (SSSR count). The summed E-state index contributed by atoms with van der Waals surface area (Å²) in [6, 6.07) is 0. The van der Waals surface area contributed by atoms with Crippen LogP contribution in [-0.2, 0) is 0 Å². The molecule has 0 aromatic rings. The van der Waals surface area contributed by atoms with E-state index in [-0.39, 0.29) is 0 Å². The topological polar surface area (TPSA) is 52.3 Å². The smallest absolute Gasteiger partial charge is 0.00745 e. The van der Waals surface area contributed by atoms with E-state index in [9.17, 15) is 0 Å². The van der Waals surface area contributed by atoms with Gasteiger partial charge in [-0.1, -0.05) is 0 Å². The zero-order valence-corrected chi connectivity index (χ0v) is 3.62. The van der Waals surface area contributed by atoms with E-state index in [1.807, 2.05) is 0 Å². The Morgan fingerprint density at radius 1 is 1.33 bits per heavy atom. The summed E-state index contributed by atoms with van der Waals surface area (Å²) in [6.45, 7) is 0. The van der Waals surface area contributed by atoms with Crippen LogP contribution in [0.25, 0.3) is 0 Å². The lowest BCUT2D eigenvalue weighted by molar-refractivity contribution is 0.733. The summed E-state index contributed by atoms with van der Waals surface area (Å²) in [5, 5.41) is 7.03. The molecule has 0 atom stereocenters. The second-order valence-electron chi connectivity index (χ2n) is 0.753. The second kappa shape index (κ2) is 1.17. The van der Waals surface area contributed by atoms with Crippen LogP contribution in [0, 0.1) is 0 Å². The van der Waals surface area contributed by atoms with Gasteiger partial charge in [0.05, 0.1) is 0 Å². The molecular formula is CH2N4S+2. The Balaban J connectivity index is 2.52. The Kier molecular flexibility index (Phi) is 0.681. The Morgan fingerprint density at radius 2 is 1.83 bits per heavy atom. The van der Waals surface area contributed by atoms with E-state index < -0.39 is 0 Å². The molecule has 0 fully saturated rings. The summed E-state index contributed by atoms with van der Waals surface area (Å²) < 4.78 is 0. The lowest BCUT2D eigenvalue weighted by Gasteiger charge is -1.56. The molecule has 1 aliphatic heterocycles. The highest BCUT2D eigenvalue weighted by Crippen LogP contribution is 1.57. The Labute approximate surface area is 39.6 Å². The van der Waals surface area contributed by atoms with Gasteiger partial charge in [-0.2, -0.15) is 0 Å². The fraction of sp³-hybridized carbons (Fsp3) is 0. The minimum Gasteiger partial charge on any atom is 0.00745 e. The van der Waals surface area contributed by atoms with Gasteiger partial charge < -0.3 is 0 Å². The third kappa shape index (κ3) is 0.436. The van der Waals surface area contributed by atoms with Gasteiger partial charge >= 0.3 is 15.6 Å². The molecule has 0 spiro atoms. The maximum absolute atomic E-state index is 4.51. The van der Waals surface area contributed by atoms with E-state index in [0.717, 1.165) is 0 Å². The van der Waals surface area contributed by atoms with E-state index in [1.165, 1.54) is 0 Å². The van der Waals surface area contributed by atoms with Gasteiger partial charge in [-0.15, -0.1) is 0 Å². The minimum atomic E-state index is 0.454. The lowest BCUT2D eigenvalue weighted by atomic mass is 11.2. The van der Waals surface area contributed by atoms with Crippen LogP contribution in [0.15, 0.2) is 0 Å². The summed E-state index contributed by atoms with van der Waals surface area (Å²) in [5.74, 6) is 0. The van der Waals surface area contributed by atoms with Crippen molar-refractivity contribution in [1.82, 2.24) is 21.3 Å². The average Bonchev–Trinajstić information content (AvgIpc) is 1.86. The van der Waals surface area contributed by atoms with Gasteiger partial charge in [0.1, 0.15) is 0 Å². The number of thiocarbonyl (C=S) groups is 1. The molecule has 0 amide bonds. The summed E-state index contributed by atoms with van der Waals surface area (Å²) >= 11 is 4.51. The first-order chi connectivity index (χ1) is 2.89. The fourth-order valence-corrected chi connectivity index (χ4v) is 0.247. The third-order valence-corrected chi connectivity index (χ3v) is 0.536. The summed E-state index contributed by atoms with van der Waals surface area (Å²) in [5.41, 5.74) is 4.80. The molecule has 2 radical (unpaired) electrons. The summed E-state index contributed by atoms with van der Waals surface area (Å²) in [4.78, 5) is 0. The molecular weight excluding hydrogens is 100 g/mol. The molecule has 0 saturated carbocycles. The van der Waals surface area contributed by atoms with Gasteiger partial charge in [-0.05, 0) is 0 Å². The first-order valence-electron chi connectivity index (χ1n) is 1.35. The number of nitrogens with zero attached hydrogens (tertiary/aromatic N) is 2. The summed E-state index contributed by atoms with van der Waals surface area (Å²) in [6.07, 6.45) is 0. The highest BCUT2D eigenvalue weighted by atomic mass is 32.1. The van der Waals surface area contributed by atoms with Crippen molar-refractivity contribution in [3.05, 3.63) is 0 Å². The molecule has 1 heterocycles. The van der Waals surface area contributed by atoms with Crippen molar-refractivity contribution in [1.29, 1.82) is 0 Å². The van der Waals surface area contributed by atoms with Crippen molar-refractivity contribution in [2.45, 2.75) is 0 Å². The molecule has 2 N–H and O–H groups in total. The van der Waals surface area contributed by atoms with Crippen LogP contribution in [0.4, 0.5) is 0 Å². The number of hydrogen-bond donors (Lipinski definition) is 2. The van der Waals surface area contributed by atoms with Gasteiger partial charge in [-0.25, -0.2) is 0 Å². The third-order valence-electron chi connectivity index (χ3n) is 0.353. The monoisotopic (exact) mass is 102 g/mol. The molecule has 0 aromatic heterocycles. The molecule has 6 heavy (non-hydrogen) atoms. The molecule has 4 nitrogen and oxygen atoms in total. The largest absolute Gasteiger partial charge is 0.432 e. The number of rotatable bonds is 0. The Bertz CT molecular complexity index is 85.7. The maximum atomic E-state index is 4.51. The lowest BCUT2D eigenvalue weighted by Crippen LogP contribution is -2.24. The van der Waals surface area contributed by atoms with Crippen molar-refractivity contribution >= 4 is 17.3 Å². The standard InChI is InChI=1S/CH2N4S/c6-1-2-4-5-3-1/h(H2,2,3,6)/q+2. The van der Waals surface area contributed by atoms with E-state index in [0.29, 0.717) is 5.11 Å². The van der Waals surface area contributed by atoms with E-state index >= 15 is 0 Å². The molecule has 1 aliphatic rings. The molecule has 30 valence electrons. The van der Waals surface area contributed by atoms with Crippen LogP contribution in [0.1, 0.15) is 0 Å². The number of nitrogens with one attached hydrogen (secondary N) is 2. The fourth-order valence-electron chi connectivity index (χ4n) is 0.166. The van der Waals surface area contributed by atoms with Gasteiger partial charge in [0, 0.05) is 23.1 Å². The molecule has 0 unspecified atom stereocenters. The van der Waals surface area contributed by atoms with Gasteiger partial charge in [0.2, 0.25) is 0 Å². The first kappa shape index (κ1) is 3.48. The van der Waals surface area contributed by atoms with Crippen LogP contribution >= 0.6 is 12.2 Å². The van der Waals surface area contributed by atoms with Crippen LogP contribution in [0.5, 0.6) is 0 Å². The molecule has 5 heteroatoms. The molecule has 0 bridgehead atoms. The number of hydrogen-bond acceptors (Lipinski definition) is 3. The predicted molar refractivity (Wildman–Crippen MR) is 23.1 cm³/mol. The molecule has 0 aliphatic carbocycles. The summed E-state index contributed by atoms with van der Waals surface area (Å²) in [7, 11) is 0. The van der Waals surface area contributed by atoms with E-state index in [2.05, 4.69) is 33.5 Å². The highest BCUT2D eigenvalue weighted by Gasteiger charge is 2.21. The molecule has 0 saturated heterocycles. The van der Waals surface area contributed by atoms with Crippen molar-refractivity contribution in [2.24, 2.45) is 0 Å². The average molecular weight is 102 g/mol. The maximum Gasteiger partial charge on any atom is 0.432 e. The predicted octanol–water partition coefficient (Wildman–Crippen LogP) is -1.58. The quantitative estimate of drug-likeness (QED) is 0.363. The van der Waals surface area contributed by atoms with Crippen molar-refractivity contribution in [3.63, 3.8) is 0 Å². The highest BCUT2D eigenvalue weighted by molar-refractivity contribution is 7.80. The normalized spacial score (nSPS) is 17.0. The van der Waals surface area contributed by atoms with Crippen LogP contribution in [-0.4, -0.2) is 5.11 Å².